The Kier molecular flexibility index (Phi) is 5.85. The summed E-state index contributed by atoms with van der Waals surface area (Å²) >= 11 is 0. The number of likely N-dealkylation sites (N-methyl/N-ethyl adjacent to an activating group) is 1. The van der Waals surface area contributed by atoms with Gasteiger partial charge < -0.3 is 15.5 Å². The molecule has 2 rings (SSSR count). The van der Waals surface area contributed by atoms with Gasteiger partial charge in [0.25, 0.3) is 0 Å². The lowest BCUT2D eigenvalue weighted by molar-refractivity contribution is -0.134. The second-order valence-corrected chi connectivity index (χ2v) is 6.49. The smallest absolute Gasteiger partial charge is 0.226 e. The van der Waals surface area contributed by atoms with Crippen LogP contribution in [-0.4, -0.2) is 49.6 Å². The molecule has 116 valence electrons. The summed E-state index contributed by atoms with van der Waals surface area (Å²) in [6, 6.07) is 0.361. The largest absolute Gasteiger partial charge is 0.352 e. The van der Waals surface area contributed by atoms with Crippen molar-refractivity contribution in [2.45, 2.75) is 58.4 Å². The highest BCUT2D eigenvalue weighted by Gasteiger charge is 2.39. The van der Waals surface area contributed by atoms with E-state index in [1.54, 1.807) is 0 Å². The van der Waals surface area contributed by atoms with E-state index in [4.69, 9.17) is 0 Å². The first-order valence-electron chi connectivity index (χ1n) is 8.44. The Morgan fingerprint density at radius 3 is 2.75 bits per heavy atom. The molecule has 0 radical (unpaired) electrons. The molecule has 20 heavy (non-hydrogen) atoms. The normalized spacial score (nSPS) is 27.2. The third-order valence-corrected chi connectivity index (χ3v) is 5.06. The number of piperidine rings is 2. The molecule has 0 saturated carbocycles. The van der Waals surface area contributed by atoms with Crippen LogP contribution in [0.4, 0.5) is 0 Å². The molecule has 0 spiro atoms. The summed E-state index contributed by atoms with van der Waals surface area (Å²) in [6.45, 7) is 9.68. The van der Waals surface area contributed by atoms with E-state index in [-0.39, 0.29) is 5.41 Å². The summed E-state index contributed by atoms with van der Waals surface area (Å²) in [6.07, 6.45) is 6.47. The molecule has 1 atom stereocenters. The van der Waals surface area contributed by atoms with Crippen molar-refractivity contribution in [3.05, 3.63) is 0 Å². The Morgan fingerprint density at radius 1 is 1.35 bits per heavy atom. The second-order valence-electron chi connectivity index (χ2n) is 6.49. The zero-order valence-corrected chi connectivity index (χ0v) is 13.2. The van der Waals surface area contributed by atoms with Gasteiger partial charge in [0.05, 0.1) is 5.41 Å². The maximum absolute atomic E-state index is 12.8. The lowest BCUT2D eigenvalue weighted by Crippen LogP contribution is -2.54. The first-order valence-corrected chi connectivity index (χ1v) is 8.44. The lowest BCUT2D eigenvalue weighted by Gasteiger charge is -2.39. The van der Waals surface area contributed by atoms with E-state index < -0.39 is 0 Å². The van der Waals surface area contributed by atoms with Gasteiger partial charge in [-0.3, -0.25) is 4.79 Å². The highest BCUT2D eigenvalue weighted by molar-refractivity contribution is 5.83. The van der Waals surface area contributed by atoms with Crippen LogP contribution in [0.5, 0.6) is 0 Å². The van der Waals surface area contributed by atoms with Crippen LogP contribution in [0.25, 0.3) is 0 Å². The van der Waals surface area contributed by atoms with Crippen LogP contribution >= 0.6 is 0 Å². The van der Waals surface area contributed by atoms with Crippen molar-refractivity contribution in [2.24, 2.45) is 5.41 Å². The standard InChI is InChI=1S/C16H31N3O/c1-3-7-16(8-10-17-11-9-16)15(20)18-14-6-5-12-19(4-2)13-14/h14,17H,3-13H2,1-2H3,(H,18,20). The maximum atomic E-state index is 12.8. The molecular formula is C16H31N3O. The minimum absolute atomic E-state index is 0.103. The fraction of sp³-hybridized carbons (Fsp3) is 0.938. The summed E-state index contributed by atoms with van der Waals surface area (Å²) in [5, 5.41) is 6.75. The molecule has 4 nitrogen and oxygen atoms in total. The van der Waals surface area contributed by atoms with Crippen molar-refractivity contribution in [1.82, 2.24) is 15.5 Å². The molecule has 1 unspecified atom stereocenters. The summed E-state index contributed by atoms with van der Waals surface area (Å²) in [5.74, 6) is 0.323. The molecule has 2 aliphatic rings. The Balaban J connectivity index is 1.94. The van der Waals surface area contributed by atoms with Gasteiger partial charge in [-0.2, -0.15) is 0 Å². The Morgan fingerprint density at radius 2 is 2.10 bits per heavy atom. The van der Waals surface area contributed by atoms with E-state index in [2.05, 4.69) is 29.4 Å². The number of nitrogens with one attached hydrogen (secondary N) is 2. The van der Waals surface area contributed by atoms with E-state index in [1.165, 1.54) is 13.0 Å². The van der Waals surface area contributed by atoms with E-state index in [0.29, 0.717) is 11.9 Å². The number of amides is 1. The van der Waals surface area contributed by atoms with Crippen molar-refractivity contribution in [3.63, 3.8) is 0 Å². The fourth-order valence-corrected chi connectivity index (χ4v) is 3.77. The van der Waals surface area contributed by atoms with Crippen molar-refractivity contribution >= 4 is 5.91 Å². The summed E-state index contributed by atoms with van der Waals surface area (Å²) in [4.78, 5) is 15.3. The van der Waals surface area contributed by atoms with Crippen LogP contribution in [-0.2, 0) is 4.79 Å². The predicted molar refractivity (Wildman–Crippen MR) is 82.7 cm³/mol. The second kappa shape index (κ2) is 7.41. The molecule has 2 N–H and O–H groups in total. The van der Waals surface area contributed by atoms with Crippen LogP contribution in [0.2, 0.25) is 0 Å². The Bertz CT molecular complexity index is 307. The highest BCUT2D eigenvalue weighted by Crippen LogP contribution is 2.34. The molecule has 4 heteroatoms. The Hall–Kier alpha value is -0.610. The summed E-state index contributed by atoms with van der Waals surface area (Å²) in [7, 11) is 0. The first kappa shape index (κ1) is 15.8. The average molecular weight is 281 g/mol. The topological polar surface area (TPSA) is 44.4 Å². The van der Waals surface area contributed by atoms with Gasteiger partial charge in [-0.05, 0) is 58.3 Å². The number of likely N-dealkylation sites (tertiary alicyclic amines) is 1. The molecule has 2 heterocycles. The van der Waals surface area contributed by atoms with Crippen molar-refractivity contribution in [2.75, 3.05) is 32.7 Å². The predicted octanol–water partition coefficient (Wildman–Crippen LogP) is 1.76. The van der Waals surface area contributed by atoms with Gasteiger partial charge in [-0.25, -0.2) is 0 Å². The molecular weight excluding hydrogens is 250 g/mol. The lowest BCUT2D eigenvalue weighted by atomic mass is 9.74. The quantitative estimate of drug-likeness (QED) is 0.807. The van der Waals surface area contributed by atoms with Crippen LogP contribution < -0.4 is 10.6 Å². The zero-order valence-electron chi connectivity index (χ0n) is 13.2. The number of carbonyl (C=O) groups excluding carboxylic acids is 1. The molecule has 1 amide bonds. The number of hydrogen-bond donors (Lipinski definition) is 2. The zero-order chi connectivity index (χ0) is 14.4. The van der Waals surface area contributed by atoms with Gasteiger partial charge in [0.15, 0.2) is 0 Å². The van der Waals surface area contributed by atoms with Gasteiger partial charge in [-0.15, -0.1) is 0 Å². The minimum atomic E-state index is -0.103. The molecule has 0 aliphatic carbocycles. The third kappa shape index (κ3) is 3.73. The van der Waals surface area contributed by atoms with Gasteiger partial charge in [0.1, 0.15) is 0 Å². The van der Waals surface area contributed by atoms with Crippen molar-refractivity contribution in [3.8, 4) is 0 Å². The van der Waals surface area contributed by atoms with E-state index in [9.17, 15) is 4.79 Å². The van der Waals surface area contributed by atoms with Gasteiger partial charge in [0.2, 0.25) is 5.91 Å². The van der Waals surface area contributed by atoms with E-state index in [0.717, 1.165) is 58.3 Å². The van der Waals surface area contributed by atoms with E-state index >= 15 is 0 Å². The van der Waals surface area contributed by atoms with Crippen LogP contribution in [0.15, 0.2) is 0 Å². The number of rotatable bonds is 5. The first-order chi connectivity index (χ1) is 9.70. The fourth-order valence-electron chi connectivity index (χ4n) is 3.77. The van der Waals surface area contributed by atoms with Crippen LogP contribution in [0.1, 0.15) is 52.4 Å². The minimum Gasteiger partial charge on any atom is -0.352 e. The molecule has 0 aromatic heterocycles. The third-order valence-electron chi connectivity index (χ3n) is 5.06. The van der Waals surface area contributed by atoms with Crippen molar-refractivity contribution in [1.29, 1.82) is 0 Å². The van der Waals surface area contributed by atoms with Crippen LogP contribution in [0.3, 0.4) is 0 Å². The monoisotopic (exact) mass is 281 g/mol. The molecule has 2 aliphatic heterocycles. The van der Waals surface area contributed by atoms with Gasteiger partial charge >= 0.3 is 0 Å². The summed E-state index contributed by atoms with van der Waals surface area (Å²) < 4.78 is 0. The number of nitrogens with zero attached hydrogens (tertiary/aromatic N) is 1. The number of carbonyl (C=O) groups is 1. The van der Waals surface area contributed by atoms with Crippen molar-refractivity contribution < 1.29 is 4.79 Å². The molecule has 0 aromatic carbocycles. The van der Waals surface area contributed by atoms with E-state index in [1.807, 2.05) is 0 Å². The molecule has 2 fully saturated rings. The maximum Gasteiger partial charge on any atom is 0.226 e. The average Bonchev–Trinajstić information content (AvgIpc) is 2.48. The van der Waals surface area contributed by atoms with Gasteiger partial charge in [0, 0.05) is 12.6 Å². The summed E-state index contributed by atoms with van der Waals surface area (Å²) in [5.41, 5.74) is -0.103. The Labute approximate surface area is 123 Å². The molecule has 0 aromatic rings. The van der Waals surface area contributed by atoms with Gasteiger partial charge in [-0.1, -0.05) is 20.3 Å². The number of hydrogen-bond acceptors (Lipinski definition) is 3. The SMILES string of the molecule is CCCC1(C(=O)NC2CCCN(CC)C2)CCNCC1. The molecule has 0 bridgehead atoms. The van der Waals surface area contributed by atoms with Crippen LogP contribution in [0, 0.1) is 5.41 Å². The molecule has 2 saturated heterocycles. The highest BCUT2D eigenvalue weighted by atomic mass is 16.2.